The SMILES string of the molecule is Cc1ccc(S(=O)(=O)NCc2nnc(-c3ccc(Cl)cc3)o2)c(C)c1. The van der Waals surface area contributed by atoms with E-state index in [-0.39, 0.29) is 17.3 Å². The van der Waals surface area contributed by atoms with Gasteiger partial charge in [0.15, 0.2) is 0 Å². The van der Waals surface area contributed by atoms with Crippen molar-refractivity contribution < 1.29 is 12.8 Å². The monoisotopic (exact) mass is 377 g/mol. The van der Waals surface area contributed by atoms with Gasteiger partial charge in [-0.15, -0.1) is 10.2 Å². The maximum absolute atomic E-state index is 12.4. The third kappa shape index (κ3) is 4.07. The van der Waals surface area contributed by atoms with E-state index in [1.165, 1.54) is 0 Å². The second-order valence-corrected chi connectivity index (χ2v) is 7.77. The Labute approximate surface area is 150 Å². The molecular weight excluding hydrogens is 362 g/mol. The summed E-state index contributed by atoms with van der Waals surface area (Å²) in [6, 6.07) is 12.1. The Balaban J connectivity index is 1.74. The number of nitrogens with zero attached hydrogens (tertiary/aromatic N) is 2. The van der Waals surface area contributed by atoms with Crippen LogP contribution in [0.1, 0.15) is 17.0 Å². The highest BCUT2D eigenvalue weighted by Crippen LogP contribution is 2.21. The zero-order valence-electron chi connectivity index (χ0n) is 13.7. The van der Waals surface area contributed by atoms with E-state index < -0.39 is 10.0 Å². The number of sulfonamides is 1. The molecule has 1 N–H and O–H groups in total. The summed E-state index contributed by atoms with van der Waals surface area (Å²) < 4.78 is 32.9. The van der Waals surface area contributed by atoms with Crippen LogP contribution in [-0.4, -0.2) is 18.6 Å². The van der Waals surface area contributed by atoms with Crippen molar-refractivity contribution in [3.63, 3.8) is 0 Å². The average Bonchev–Trinajstić information content (AvgIpc) is 3.02. The molecule has 0 aliphatic heterocycles. The van der Waals surface area contributed by atoms with Crippen LogP contribution in [-0.2, 0) is 16.6 Å². The molecule has 0 spiro atoms. The second kappa shape index (κ2) is 6.95. The quantitative estimate of drug-likeness (QED) is 0.735. The van der Waals surface area contributed by atoms with Crippen molar-refractivity contribution in [1.82, 2.24) is 14.9 Å². The zero-order valence-corrected chi connectivity index (χ0v) is 15.2. The van der Waals surface area contributed by atoms with Crippen molar-refractivity contribution in [2.45, 2.75) is 25.3 Å². The first kappa shape index (κ1) is 17.6. The summed E-state index contributed by atoms with van der Waals surface area (Å²) in [4.78, 5) is 0.232. The second-order valence-electron chi connectivity index (χ2n) is 5.60. The molecule has 0 amide bonds. The largest absolute Gasteiger partial charge is 0.419 e. The molecule has 130 valence electrons. The zero-order chi connectivity index (χ0) is 18.0. The summed E-state index contributed by atoms with van der Waals surface area (Å²) in [5, 5.41) is 8.40. The number of benzene rings is 2. The lowest BCUT2D eigenvalue weighted by molar-refractivity contribution is 0.494. The van der Waals surface area contributed by atoms with Gasteiger partial charge in [0.2, 0.25) is 21.8 Å². The van der Waals surface area contributed by atoms with Crippen LogP contribution in [0.2, 0.25) is 5.02 Å². The summed E-state index contributed by atoms with van der Waals surface area (Å²) >= 11 is 5.84. The summed E-state index contributed by atoms with van der Waals surface area (Å²) in [7, 11) is -3.66. The smallest absolute Gasteiger partial charge is 0.247 e. The Bertz CT molecular complexity index is 998. The van der Waals surface area contributed by atoms with Gasteiger partial charge in [-0.3, -0.25) is 0 Å². The van der Waals surface area contributed by atoms with Gasteiger partial charge in [-0.1, -0.05) is 29.3 Å². The van der Waals surface area contributed by atoms with Gasteiger partial charge in [0.05, 0.1) is 11.4 Å². The lowest BCUT2D eigenvalue weighted by Crippen LogP contribution is -2.24. The molecule has 0 atom stereocenters. The highest BCUT2D eigenvalue weighted by Gasteiger charge is 2.18. The van der Waals surface area contributed by atoms with Crippen molar-refractivity contribution in [2.75, 3.05) is 0 Å². The molecule has 2 aromatic carbocycles. The Morgan fingerprint density at radius 2 is 1.80 bits per heavy atom. The van der Waals surface area contributed by atoms with Crippen LogP contribution < -0.4 is 4.72 Å². The summed E-state index contributed by atoms with van der Waals surface area (Å²) in [6.45, 7) is 3.58. The molecule has 0 fully saturated rings. The van der Waals surface area contributed by atoms with Crippen LogP contribution in [0.3, 0.4) is 0 Å². The van der Waals surface area contributed by atoms with E-state index in [0.717, 1.165) is 5.56 Å². The lowest BCUT2D eigenvalue weighted by Gasteiger charge is -2.08. The number of aromatic nitrogens is 2. The first-order valence-corrected chi connectivity index (χ1v) is 9.36. The van der Waals surface area contributed by atoms with Gasteiger partial charge in [-0.05, 0) is 49.7 Å². The average molecular weight is 378 g/mol. The fourth-order valence-electron chi connectivity index (χ4n) is 2.37. The van der Waals surface area contributed by atoms with Crippen molar-refractivity contribution in [3.05, 3.63) is 64.5 Å². The molecule has 0 saturated carbocycles. The number of hydrogen-bond acceptors (Lipinski definition) is 5. The third-order valence-corrected chi connectivity index (χ3v) is 5.40. The molecule has 0 radical (unpaired) electrons. The molecule has 0 unspecified atom stereocenters. The minimum absolute atomic E-state index is 0.0871. The topological polar surface area (TPSA) is 85.1 Å². The number of nitrogens with one attached hydrogen (secondary N) is 1. The molecule has 1 aromatic heterocycles. The molecule has 6 nitrogen and oxygen atoms in total. The molecule has 8 heteroatoms. The molecule has 25 heavy (non-hydrogen) atoms. The molecule has 3 rings (SSSR count). The predicted molar refractivity (Wildman–Crippen MR) is 94.7 cm³/mol. The predicted octanol–water partition coefficient (Wildman–Crippen LogP) is 3.49. The lowest BCUT2D eigenvalue weighted by atomic mass is 10.2. The van der Waals surface area contributed by atoms with Gasteiger partial charge in [0, 0.05) is 10.6 Å². The number of aryl methyl sites for hydroxylation is 2. The van der Waals surface area contributed by atoms with Crippen molar-refractivity contribution in [3.8, 4) is 11.5 Å². The fraction of sp³-hybridized carbons (Fsp3) is 0.176. The minimum atomic E-state index is -3.66. The van der Waals surface area contributed by atoms with Crippen molar-refractivity contribution >= 4 is 21.6 Å². The van der Waals surface area contributed by atoms with Gasteiger partial charge in [0.1, 0.15) is 0 Å². The highest BCUT2D eigenvalue weighted by atomic mass is 35.5. The maximum Gasteiger partial charge on any atom is 0.247 e. The van der Waals surface area contributed by atoms with Crippen molar-refractivity contribution in [2.24, 2.45) is 0 Å². The first-order chi connectivity index (χ1) is 11.8. The van der Waals surface area contributed by atoms with E-state index >= 15 is 0 Å². The van der Waals surface area contributed by atoms with Crippen LogP contribution in [0.4, 0.5) is 0 Å². The number of rotatable bonds is 5. The normalized spacial score (nSPS) is 11.6. The maximum atomic E-state index is 12.4. The van der Waals surface area contributed by atoms with Gasteiger partial charge in [-0.2, -0.15) is 0 Å². The Morgan fingerprint density at radius 1 is 1.08 bits per heavy atom. The van der Waals surface area contributed by atoms with Crippen LogP contribution in [0, 0.1) is 13.8 Å². The fourth-order valence-corrected chi connectivity index (χ4v) is 3.69. The molecular formula is C17H16ClN3O3S. The first-order valence-electron chi connectivity index (χ1n) is 7.50. The van der Waals surface area contributed by atoms with Crippen LogP contribution in [0.5, 0.6) is 0 Å². The minimum Gasteiger partial charge on any atom is -0.419 e. The summed E-state index contributed by atoms with van der Waals surface area (Å²) in [5.41, 5.74) is 2.39. The summed E-state index contributed by atoms with van der Waals surface area (Å²) in [6.07, 6.45) is 0. The Kier molecular flexibility index (Phi) is 4.89. The van der Waals surface area contributed by atoms with Gasteiger partial charge in [-0.25, -0.2) is 13.1 Å². The molecule has 1 heterocycles. The Morgan fingerprint density at radius 3 is 2.48 bits per heavy atom. The van der Waals surface area contributed by atoms with Crippen LogP contribution in [0.25, 0.3) is 11.5 Å². The van der Waals surface area contributed by atoms with Crippen molar-refractivity contribution in [1.29, 1.82) is 0 Å². The number of hydrogen-bond donors (Lipinski definition) is 1. The Hall–Kier alpha value is -2.22. The number of halogens is 1. The van der Waals surface area contributed by atoms with E-state index in [0.29, 0.717) is 22.0 Å². The van der Waals surface area contributed by atoms with E-state index in [2.05, 4.69) is 14.9 Å². The van der Waals surface area contributed by atoms with Crippen LogP contribution in [0.15, 0.2) is 51.8 Å². The standard InChI is InChI=1S/C17H16ClN3O3S/c1-11-3-8-15(12(2)9-11)25(22,23)19-10-16-20-21-17(24-16)13-4-6-14(18)7-5-13/h3-9,19H,10H2,1-2H3. The van der Waals surface area contributed by atoms with Gasteiger partial charge >= 0.3 is 0 Å². The van der Waals surface area contributed by atoms with E-state index in [1.807, 2.05) is 13.0 Å². The molecule has 0 aliphatic rings. The van der Waals surface area contributed by atoms with E-state index in [9.17, 15) is 8.42 Å². The molecule has 0 saturated heterocycles. The van der Waals surface area contributed by atoms with Crippen LogP contribution >= 0.6 is 11.6 Å². The molecule has 3 aromatic rings. The molecule has 0 bridgehead atoms. The molecule has 0 aliphatic carbocycles. The van der Waals surface area contributed by atoms with Gasteiger partial charge in [0.25, 0.3) is 0 Å². The third-order valence-electron chi connectivity index (χ3n) is 3.59. The van der Waals surface area contributed by atoms with E-state index in [4.69, 9.17) is 16.0 Å². The van der Waals surface area contributed by atoms with Gasteiger partial charge < -0.3 is 4.42 Å². The summed E-state index contributed by atoms with van der Waals surface area (Å²) in [5.74, 6) is 0.482. The highest BCUT2D eigenvalue weighted by molar-refractivity contribution is 7.89. The van der Waals surface area contributed by atoms with E-state index in [1.54, 1.807) is 43.3 Å².